The molecule has 0 radical (unpaired) electrons. The summed E-state index contributed by atoms with van der Waals surface area (Å²) in [7, 11) is -3.53. The van der Waals surface area contributed by atoms with Crippen molar-refractivity contribution in [3.8, 4) is 11.5 Å². The number of hydrogen-bond donors (Lipinski definition) is 1. The van der Waals surface area contributed by atoms with Crippen molar-refractivity contribution < 1.29 is 52.9 Å². The number of anilines is 1. The van der Waals surface area contributed by atoms with Crippen LogP contribution in [0.5, 0.6) is 11.5 Å². The Morgan fingerprint density at radius 2 is 1.53 bits per heavy atom. The molecule has 0 aliphatic rings. The van der Waals surface area contributed by atoms with Gasteiger partial charge in [0.05, 0.1) is 31.0 Å². The highest BCUT2D eigenvalue weighted by Crippen LogP contribution is 2.34. The summed E-state index contributed by atoms with van der Waals surface area (Å²) in [5, 5.41) is 2.50. The number of hydrogen-bond acceptors (Lipinski definition) is 6. The number of carbonyl (C=O) groups excluding carboxylic acids is 1. The molecule has 1 N–H and O–H groups in total. The lowest BCUT2D eigenvalue weighted by molar-refractivity contribution is -0.138. The number of carbonyl (C=O) groups is 1. The molecule has 0 bridgehead atoms. The highest BCUT2D eigenvalue weighted by molar-refractivity contribution is 7.87. The average Bonchev–Trinajstić information content (AvgIpc) is 3.45. The van der Waals surface area contributed by atoms with E-state index in [0.717, 1.165) is 36.4 Å². The lowest BCUT2D eigenvalue weighted by Crippen LogP contribution is -2.34. The van der Waals surface area contributed by atoms with Gasteiger partial charge < -0.3 is 23.6 Å². The van der Waals surface area contributed by atoms with Crippen molar-refractivity contribution in [3.05, 3.63) is 108 Å². The number of nitrogens with one attached hydrogen (secondary N) is 1. The Labute approximate surface area is 241 Å². The summed E-state index contributed by atoms with van der Waals surface area (Å²) < 4.78 is 120. The van der Waals surface area contributed by atoms with Gasteiger partial charge in [-0.1, -0.05) is 12.1 Å². The molecule has 0 aliphatic heterocycles. The van der Waals surface area contributed by atoms with Gasteiger partial charge in [0, 0.05) is 12.2 Å². The SMILES string of the molecule is COc1ccc(CN(Cc2ccco2)C(=O)Nc2ccc(C(F)(F)F)cc2)cc1OS(=O)(=O)c1cccc(C(F)(F)F)c1. The standard InChI is InChI=1S/C28H22F6N2O6S/c1-40-24-12-7-18(14-25(24)42-43(38,39)23-6-2-4-20(15-23)28(32,33)34)16-36(17-22-5-3-13-41-22)26(37)35-21-10-8-19(9-11-21)27(29,30)31/h2-15H,16-17H2,1H3,(H,35,37). The number of benzene rings is 3. The fourth-order valence-electron chi connectivity index (χ4n) is 3.83. The number of furan rings is 1. The molecule has 1 aromatic heterocycles. The highest BCUT2D eigenvalue weighted by Gasteiger charge is 2.32. The van der Waals surface area contributed by atoms with Crippen LogP contribution in [0.15, 0.2) is 94.4 Å². The van der Waals surface area contributed by atoms with E-state index in [1.807, 2.05) is 0 Å². The maximum atomic E-state index is 13.2. The molecule has 2 amide bonds. The van der Waals surface area contributed by atoms with Crippen LogP contribution >= 0.6 is 0 Å². The quantitative estimate of drug-likeness (QED) is 0.154. The van der Waals surface area contributed by atoms with Crippen LogP contribution in [-0.4, -0.2) is 26.5 Å². The number of rotatable bonds is 9. The van der Waals surface area contributed by atoms with Crippen LogP contribution in [-0.2, 0) is 35.6 Å². The molecule has 0 saturated heterocycles. The molecule has 0 aliphatic carbocycles. The second kappa shape index (κ2) is 12.3. The van der Waals surface area contributed by atoms with Crippen LogP contribution in [0.2, 0.25) is 0 Å². The third-order valence-corrected chi connectivity index (χ3v) is 7.16. The van der Waals surface area contributed by atoms with E-state index in [2.05, 4.69) is 5.32 Å². The average molecular weight is 629 g/mol. The van der Waals surface area contributed by atoms with Crippen molar-refractivity contribution in [2.45, 2.75) is 30.3 Å². The van der Waals surface area contributed by atoms with Crippen molar-refractivity contribution in [2.24, 2.45) is 0 Å². The molecule has 1 heterocycles. The van der Waals surface area contributed by atoms with Gasteiger partial charge in [-0.05, 0) is 72.3 Å². The Hall–Kier alpha value is -4.66. The van der Waals surface area contributed by atoms with Crippen LogP contribution in [0.4, 0.5) is 36.8 Å². The van der Waals surface area contributed by atoms with Crippen molar-refractivity contribution in [1.29, 1.82) is 0 Å². The third kappa shape index (κ3) is 8.00. The first-order chi connectivity index (χ1) is 20.2. The smallest absolute Gasteiger partial charge is 0.416 e. The summed E-state index contributed by atoms with van der Waals surface area (Å²) >= 11 is 0. The highest BCUT2D eigenvalue weighted by atomic mass is 32.2. The normalized spacial score (nSPS) is 12.1. The van der Waals surface area contributed by atoms with Crippen LogP contribution in [0, 0.1) is 0 Å². The van der Waals surface area contributed by atoms with Crippen molar-refractivity contribution in [2.75, 3.05) is 12.4 Å². The largest absolute Gasteiger partial charge is 0.493 e. The van der Waals surface area contributed by atoms with Gasteiger partial charge in [0.2, 0.25) is 0 Å². The van der Waals surface area contributed by atoms with Gasteiger partial charge in [-0.15, -0.1) is 0 Å². The Balaban J connectivity index is 1.59. The predicted octanol–water partition coefficient (Wildman–Crippen LogP) is 7.33. The first-order valence-electron chi connectivity index (χ1n) is 12.2. The lowest BCUT2D eigenvalue weighted by Gasteiger charge is -2.23. The van der Waals surface area contributed by atoms with Gasteiger partial charge in [-0.25, -0.2) is 4.79 Å². The molecule has 43 heavy (non-hydrogen) atoms. The molecule has 0 unspecified atom stereocenters. The number of methoxy groups -OCH3 is 1. The summed E-state index contributed by atoms with van der Waals surface area (Å²) in [6.07, 6.45) is -7.97. The van der Waals surface area contributed by atoms with Crippen LogP contribution in [0.25, 0.3) is 0 Å². The number of alkyl halides is 6. The van der Waals surface area contributed by atoms with E-state index in [9.17, 15) is 39.6 Å². The van der Waals surface area contributed by atoms with E-state index < -0.39 is 44.5 Å². The summed E-state index contributed by atoms with van der Waals surface area (Å²) in [6, 6.07) is 13.3. The zero-order chi connectivity index (χ0) is 31.4. The zero-order valence-electron chi connectivity index (χ0n) is 22.1. The number of urea groups is 1. The van der Waals surface area contributed by atoms with E-state index in [1.54, 1.807) is 12.1 Å². The number of ether oxygens (including phenoxy) is 1. The lowest BCUT2D eigenvalue weighted by atomic mass is 10.2. The molecule has 15 heteroatoms. The Bertz CT molecular complexity index is 1670. The fraction of sp³-hybridized carbons (Fsp3) is 0.179. The molecule has 4 aromatic rings. The number of halogens is 6. The van der Waals surface area contributed by atoms with Gasteiger partial charge >= 0.3 is 28.5 Å². The summed E-state index contributed by atoms with van der Waals surface area (Å²) in [5.74, 6) is -0.0655. The number of amides is 2. The first kappa shape index (κ1) is 31.3. The molecule has 0 spiro atoms. The van der Waals surface area contributed by atoms with Crippen LogP contribution in [0.3, 0.4) is 0 Å². The van der Waals surface area contributed by atoms with E-state index in [4.69, 9.17) is 13.3 Å². The van der Waals surface area contributed by atoms with E-state index in [-0.39, 0.29) is 30.3 Å². The Morgan fingerprint density at radius 1 is 0.837 bits per heavy atom. The van der Waals surface area contributed by atoms with Crippen molar-refractivity contribution >= 4 is 21.8 Å². The maximum Gasteiger partial charge on any atom is 0.416 e. The molecule has 228 valence electrons. The number of nitrogens with zero attached hydrogens (tertiary/aromatic N) is 1. The van der Waals surface area contributed by atoms with Crippen molar-refractivity contribution in [3.63, 3.8) is 0 Å². The molecule has 0 atom stereocenters. The topological polar surface area (TPSA) is 98.1 Å². The van der Waals surface area contributed by atoms with Gasteiger partial charge in [-0.3, -0.25) is 0 Å². The van der Waals surface area contributed by atoms with E-state index in [1.165, 1.54) is 36.5 Å². The zero-order valence-corrected chi connectivity index (χ0v) is 22.9. The van der Waals surface area contributed by atoms with Gasteiger partial charge in [0.25, 0.3) is 0 Å². The minimum atomic E-state index is -4.79. The summed E-state index contributed by atoms with van der Waals surface area (Å²) in [5.41, 5.74) is -1.70. The fourth-order valence-corrected chi connectivity index (χ4v) is 4.81. The second-order valence-corrected chi connectivity index (χ2v) is 10.5. The minimum Gasteiger partial charge on any atom is -0.493 e. The molecule has 0 saturated carbocycles. The molecular formula is C28H22F6N2O6S. The van der Waals surface area contributed by atoms with Crippen LogP contribution < -0.4 is 14.2 Å². The van der Waals surface area contributed by atoms with Gasteiger partial charge in [-0.2, -0.15) is 34.8 Å². The Kier molecular flexibility index (Phi) is 8.94. The van der Waals surface area contributed by atoms with Crippen molar-refractivity contribution in [1.82, 2.24) is 4.90 Å². The Morgan fingerprint density at radius 3 is 2.14 bits per heavy atom. The maximum absolute atomic E-state index is 13.2. The first-order valence-corrected chi connectivity index (χ1v) is 13.6. The summed E-state index contributed by atoms with van der Waals surface area (Å²) in [4.78, 5) is 13.6. The molecular weight excluding hydrogens is 606 g/mol. The molecule has 3 aromatic carbocycles. The second-order valence-electron chi connectivity index (χ2n) is 8.99. The van der Waals surface area contributed by atoms with E-state index >= 15 is 0 Å². The molecule has 8 nitrogen and oxygen atoms in total. The van der Waals surface area contributed by atoms with Gasteiger partial charge in [0.15, 0.2) is 11.5 Å². The molecule has 4 rings (SSSR count). The molecule has 0 fully saturated rings. The van der Waals surface area contributed by atoms with Crippen LogP contribution in [0.1, 0.15) is 22.5 Å². The minimum absolute atomic E-state index is 0.0638. The van der Waals surface area contributed by atoms with E-state index in [0.29, 0.717) is 23.5 Å². The third-order valence-electron chi connectivity index (χ3n) is 5.93. The summed E-state index contributed by atoms with van der Waals surface area (Å²) in [6.45, 7) is -0.276. The van der Waals surface area contributed by atoms with Gasteiger partial charge in [0.1, 0.15) is 10.7 Å². The monoisotopic (exact) mass is 628 g/mol. The predicted molar refractivity (Wildman–Crippen MR) is 141 cm³/mol.